The molecule has 1 aliphatic rings. The second-order valence-electron chi connectivity index (χ2n) is 4.75. The van der Waals surface area contributed by atoms with Gasteiger partial charge in [0.15, 0.2) is 11.6 Å². The predicted octanol–water partition coefficient (Wildman–Crippen LogP) is 3.99. The molecule has 0 spiro atoms. The lowest BCUT2D eigenvalue weighted by Gasteiger charge is -2.20. The van der Waals surface area contributed by atoms with E-state index in [0.29, 0.717) is 17.6 Å². The van der Waals surface area contributed by atoms with Crippen LogP contribution in [0, 0.1) is 11.6 Å². The molecule has 0 bridgehead atoms. The van der Waals surface area contributed by atoms with Gasteiger partial charge in [-0.25, -0.2) is 8.78 Å². The number of benzene rings is 1. The molecule has 106 valence electrons. The minimum Gasteiger partial charge on any atom is -0.373 e. The lowest BCUT2D eigenvalue weighted by Crippen LogP contribution is -2.09. The maximum Gasteiger partial charge on any atom is 0.229 e. The van der Waals surface area contributed by atoms with Crippen LogP contribution in [0.25, 0.3) is 0 Å². The molecule has 1 aromatic carbocycles. The highest BCUT2D eigenvalue weighted by atomic mass is 79.9. The van der Waals surface area contributed by atoms with Crippen LogP contribution in [0.15, 0.2) is 21.1 Å². The molecule has 2 aromatic rings. The van der Waals surface area contributed by atoms with Crippen LogP contribution in [0.3, 0.4) is 0 Å². The summed E-state index contributed by atoms with van der Waals surface area (Å²) >= 11 is 3.02. The quantitative estimate of drug-likeness (QED) is 0.852. The van der Waals surface area contributed by atoms with E-state index in [1.807, 2.05) is 0 Å². The van der Waals surface area contributed by atoms with E-state index < -0.39 is 11.6 Å². The Balaban J connectivity index is 1.70. The van der Waals surface area contributed by atoms with Crippen LogP contribution in [-0.2, 0) is 6.54 Å². The highest BCUT2D eigenvalue weighted by Gasteiger charge is 2.25. The number of hydrogen-bond acceptors (Lipinski definition) is 4. The molecule has 0 amide bonds. The zero-order valence-electron chi connectivity index (χ0n) is 10.5. The normalized spacial score (nSPS) is 15.2. The molecule has 20 heavy (non-hydrogen) atoms. The van der Waals surface area contributed by atoms with Gasteiger partial charge in [-0.2, -0.15) is 4.98 Å². The van der Waals surface area contributed by atoms with E-state index in [1.165, 1.54) is 18.6 Å². The molecule has 4 nitrogen and oxygen atoms in total. The molecule has 0 aliphatic heterocycles. The lowest BCUT2D eigenvalue weighted by molar-refractivity contribution is 0.291. The molecule has 1 N–H and O–H groups in total. The molecular weight excluding hydrogens is 332 g/mol. The van der Waals surface area contributed by atoms with Gasteiger partial charge in [-0.05, 0) is 40.9 Å². The number of nitrogens with zero attached hydrogens (tertiary/aromatic N) is 2. The van der Waals surface area contributed by atoms with Gasteiger partial charge in [0.1, 0.15) is 11.5 Å². The SMILES string of the molecule is Fc1ccc(Br)c(F)c1NCc1noc(C2CCC2)n1. The largest absolute Gasteiger partial charge is 0.373 e. The summed E-state index contributed by atoms with van der Waals surface area (Å²) in [5.74, 6) is 0.0191. The van der Waals surface area contributed by atoms with Crippen LogP contribution in [0.1, 0.15) is 36.9 Å². The Morgan fingerprint density at radius 3 is 2.85 bits per heavy atom. The fraction of sp³-hybridized carbons (Fsp3) is 0.385. The van der Waals surface area contributed by atoms with Crippen molar-refractivity contribution in [2.45, 2.75) is 31.7 Å². The second-order valence-corrected chi connectivity index (χ2v) is 5.60. The predicted molar refractivity (Wildman–Crippen MR) is 72.3 cm³/mol. The molecule has 1 saturated carbocycles. The van der Waals surface area contributed by atoms with Crippen LogP contribution in [-0.4, -0.2) is 10.1 Å². The van der Waals surface area contributed by atoms with Gasteiger partial charge in [-0.3, -0.25) is 0 Å². The highest BCUT2D eigenvalue weighted by Crippen LogP contribution is 2.35. The molecular formula is C13H12BrF2N3O. The monoisotopic (exact) mass is 343 g/mol. The van der Waals surface area contributed by atoms with Crippen LogP contribution in [0.4, 0.5) is 14.5 Å². The average molecular weight is 344 g/mol. The topological polar surface area (TPSA) is 51.0 Å². The molecule has 0 unspecified atom stereocenters. The fourth-order valence-electron chi connectivity index (χ4n) is 2.02. The molecule has 1 aliphatic carbocycles. The molecule has 0 saturated heterocycles. The third-order valence-electron chi connectivity index (χ3n) is 3.41. The van der Waals surface area contributed by atoms with Crippen molar-refractivity contribution in [3.63, 3.8) is 0 Å². The van der Waals surface area contributed by atoms with E-state index in [2.05, 4.69) is 31.4 Å². The van der Waals surface area contributed by atoms with E-state index in [4.69, 9.17) is 4.52 Å². The van der Waals surface area contributed by atoms with Gasteiger partial charge < -0.3 is 9.84 Å². The fourth-order valence-corrected chi connectivity index (χ4v) is 2.35. The number of aromatic nitrogens is 2. The zero-order chi connectivity index (χ0) is 14.1. The standard InChI is InChI=1S/C13H12BrF2N3O/c14-8-4-5-9(15)12(11(8)16)17-6-10-18-13(20-19-10)7-2-1-3-7/h4-5,7,17H,1-3,6H2. The van der Waals surface area contributed by atoms with Gasteiger partial charge in [0.25, 0.3) is 0 Å². The molecule has 1 heterocycles. The Morgan fingerprint density at radius 2 is 2.15 bits per heavy atom. The van der Waals surface area contributed by atoms with Gasteiger partial charge in [0, 0.05) is 5.92 Å². The molecule has 0 radical (unpaired) electrons. The maximum atomic E-state index is 13.7. The maximum absolute atomic E-state index is 13.7. The van der Waals surface area contributed by atoms with Gasteiger partial charge in [-0.1, -0.05) is 11.6 Å². The Kier molecular flexibility index (Phi) is 3.69. The Bertz CT molecular complexity index is 628. The average Bonchev–Trinajstić information content (AvgIpc) is 2.80. The van der Waals surface area contributed by atoms with Gasteiger partial charge in [0.05, 0.1) is 11.0 Å². The van der Waals surface area contributed by atoms with Crippen LogP contribution in [0.2, 0.25) is 0 Å². The minimum atomic E-state index is -0.673. The van der Waals surface area contributed by atoms with E-state index in [0.717, 1.165) is 12.8 Å². The summed E-state index contributed by atoms with van der Waals surface area (Å²) in [5.41, 5.74) is -0.200. The number of halogens is 3. The molecule has 1 aromatic heterocycles. The molecule has 3 rings (SSSR count). The van der Waals surface area contributed by atoms with E-state index >= 15 is 0 Å². The lowest BCUT2D eigenvalue weighted by atomic mass is 9.85. The Morgan fingerprint density at radius 1 is 1.35 bits per heavy atom. The van der Waals surface area contributed by atoms with Crippen molar-refractivity contribution in [3.05, 3.63) is 40.0 Å². The van der Waals surface area contributed by atoms with Gasteiger partial charge in [0.2, 0.25) is 5.89 Å². The summed E-state index contributed by atoms with van der Waals surface area (Å²) in [6.45, 7) is 0.112. The second kappa shape index (κ2) is 5.47. The first-order valence-electron chi connectivity index (χ1n) is 6.35. The van der Waals surface area contributed by atoms with E-state index in [-0.39, 0.29) is 16.7 Å². The van der Waals surface area contributed by atoms with Crippen LogP contribution < -0.4 is 5.32 Å². The summed E-state index contributed by atoms with van der Waals surface area (Å²) in [4.78, 5) is 4.23. The van der Waals surface area contributed by atoms with Gasteiger partial charge >= 0.3 is 0 Å². The first-order chi connectivity index (χ1) is 9.65. The van der Waals surface area contributed by atoms with Crippen molar-refractivity contribution in [2.24, 2.45) is 0 Å². The number of hydrogen-bond donors (Lipinski definition) is 1. The van der Waals surface area contributed by atoms with Crippen LogP contribution >= 0.6 is 15.9 Å². The molecule has 7 heteroatoms. The van der Waals surface area contributed by atoms with Gasteiger partial charge in [-0.15, -0.1) is 0 Å². The zero-order valence-corrected chi connectivity index (χ0v) is 12.1. The van der Waals surface area contributed by atoms with E-state index in [1.54, 1.807) is 0 Å². The van der Waals surface area contributed by atoms with Crippen molar-refractivity contribution in [1.82, 2.24) is 10.1 Å². The smallest absolute Gasteiger partial charge is 0.229 e. The Labute approximate surface area is 122 Å². The van der Waals surface area contributed by atoms with Crippen molar-refractivity contribution in [3.8, 4) is 0 Å². The van der Waals surface area contributed by atoms with Crippen molar-refractivity contribution in [1.29, 1.82) is 0 Å². The summed E-state index contributed by atoms with van der Waals surface area (Å²) < 4.78 is 32.6. The third kappa shape index (κ3) is 2.54. The minimum absolute atomic E-state index is 0.112. The van der Waals surface area contributed by atoms with E-state index in [9.17, 15) is 8.78 Å². The Hall–Kier alpha value is -1.50. The number of anilines is 1. The van der Waals surface area contributed by atoms with Crippen LogP contribution in [0.5, 0.6) is 0 Å². The first kappa shape index (κ1) is 13.5. The van der Waals surface area contributed by atoms with Crippen molar-refractivity contribution >= 4 is 21.6 Å². The first-order valence-corrected chi connectivity index (χ1v) is 7.14. The third-order valence-corrected chi connectivity index (χ3v) is 4.02. The van der Waals surface area contributed by atoms with Crippen molar-refractivity contribution < 1.29 is 13.3 Å². The summed E-state index contributed by atoms with van der Waals surface area (Å²) in [5, 5.41) is 6.47. The summed E-state index contributed by atoms with van der Waals surface area (Å²) in [7, 11) is 0. The number of rotatable bonds is 4. The van der Waals surface area contributed by atoms with Crippen molar-refractivity contribution in [2.75, 3.05) is 5.32 Å². The summed E-state index contributed by atoms with van der Waals surface area (Å²) in [6.07, 6.45) is 3.29. The molecule has 0 atom stereocenters. The number of nitrogens with one attached hydrogen (secondary N) is 1. The summed E-state index contributed by atoms with van der Waals surface area (Å²) in [6, 6.07) is 2.50. The molecule has 1 fully saturated rings. The highest BCUT2D eigenvalue weighted by molar-refractivity contribution is 9.10.